The summed E-state index contributed by atoms with van der Waals surface area (Å²) in [4.78, 5) is 16.8. The predicted molar refractivity (Wildman–Crippen MR) is 76.4 cm³/mol. The molecule has 0 amide bonds. The topological polar surface area (TPSA) is 94.1 Å². The van der Waals surface area contributed by atoms with E-state index < -0.39 is 4.92 Å². The predicted octanol–water partition coefficient (Wildman–Crippen LogP) is 3.12. The van der Waals surface area contributed by atoms with E-state index in [0.717, 1.165) is 4.88 Å². The number of nitrogens with two attached hydrogens (primary N) is 1. The van der Waals surface area contributed by atoms with Crippen molar-refractivity contribution in [1.82, 2.24) is 4.98 Å². The fraction of sp³-hybridized carbons (Fsp3) is 0.250. The van der Waals surface area contributed by atoms with Crippen molar-refractivity contribution in [3.8, 4) is 0 Å². The Kier molecular flexibility index (Phi) is 3.66. The summed E-state index contributed by atoms with van der Waals surface area (Å²) < 4.78 is 0. The van der Waals surface area contributed by atoms with Gasteiger partial charge in [-0.25, -0.2) is 4.98 Å². The minimum absolute atomic E-state index is 0.0632. The molecule has 100 valence electrons. The molecule has 1 atom stereocenters. The van der Waals surface area contributed by atoms with E-state index in [0.29, 0.717) is 0 Å². The van der Waals surface area contributed by atoms with Crippen LogP contribution in [-0.4, -0.2) is 9.91 Å². The van der Waals surface area contributed by atoms with Crippen LogP contribution in [0.4, 0.5) is 17.3 Å². The van der Waals surface area contributed by atoms with Crippen molar-refractivity contribution in [2.24, 2.45) is 0 Å². The first kappa shape index (κ1) is 13.3. The average Bonchev–Trinajstić information content (AvgIpc) is 2.75. The zero-order chi connectivity index (χ0) is 14.0. The molecule has 7 heteroatoms. The fourth-order valence-corrected chi connectivity index (χ4v) is 2.56. The highest BCUT2D eigenvalue weighted by Crippen LogP contribution is 2.29. The summed E-state index contributed by atoms with van der Waals surface area (Å²) in [5, 5.41) is 14.0. The van der Waals surface area contributed by atoms with Crippen LogP contribution in [0.2, 0.25) is 0 Å². The van der Waals surface area contributed by atoms with Crippen molar-refractivity contribution in [3.05, 3.63) is 44.1 Å². The third-order valence-electron chi connectivity index (χ3n) is 2.63. The molecule has 0 spiro atoms. The van der Waals surface area contributed by atoms with Gasteiger partial charge in [-0.2, -0.15) is 0 Å². The van der Waals surface area contributed by atoms with Gasteiger partial charge in [-0.3, -0.25) is 10.1 Å². The number of nitrogen functional groups attached to an aromatic ring is 1. The second-order valence-corrected chi connectivity index (χ2v) is 5.49. The number of hydrogen-bond donors (Lipinski definition) is 2. The first-order valence-corrected chi connectivity index (χ1v) is 6.53. The Morgan fingerprint density at radius 2 is 2.16 bits per heavy atom. The zero-order valence-electron chi connectivity index (χ0n) is 10.6. The summed E-state index contributed by atoms with van der Waals surface area (Å²) in [5.41, 5.74) is 5.50. The Hall–Kier alpha value is -2.15. The van der Waals surface area contributed by atoms with Crippen LogP contribution in [0.5, 0.6) is 0 Å². The zero-order valence-corrected chi connectivity index (χ0v) is 11.4. The molecule has 0 aliphatic carbocycles. The SMILES string of the molecule is Cc1ccc(C(C)Nc2nc(N)ccc2[N+](=O)[O-])s1. The van der Waals surface area contributed by atoms with Crippen molar-refractivity contribution in [3.63, 3.8) is 0 Å². The Labute approximate surface area is 114 Å². The lowest BCUT2D eigenvalue weighted by Gasteiger charge is -2.13. The average molecular weight is 278 g/mol. The van der Waals surface area contributed by atoms with Gasteiger partial charge in [-0.05, 0) is 32.0 Å². The Bertz CT molecular complexity index is 612. The maximum atomic E-state index is 10.9. The molecule has 19 heavy (non-hydrogen) atoms. The smallest absolute Gasteiger partial charge is 0.311 e. The molecule has 1 unspecified atom stereocenters. The molecule has 0 aliphatic rings. The lowest BCUT2D eigenvalue weighted by molar-refractivity contribution is -0.384. The molecule has 0 aromatic carbocycles. The van der Waals surface area contributed by atoms with Gasteiger partial charge < -0.3 is 11.1 Å². The van der Waals surface area contributed by atoms with E-state index in [4.69, 9.17) is 5.73 Å². The highest BCUT2D eigenvalue weighted by Gasteiger charge is 2.18. The summed E-state index contributed by atoms with van der Waals surface area (Å²) in [7, 11) is 0. The second kappa shape index (κ2) is 5.23. The summed E-state index contributed by atoms with van der Waals surface area (Å²) in [6, 6.07) is 6.72. The molecule has 2 aromatic heterocycles. The lowest BCUT2D eigenvalue weighted by atomic mass is 10.2. The first-order chi connectivity index (χ1) is 8.97. The van der Waals surface area contributed by atoms with E-state index in [1.54, 1.807) is 11.3 Å². The number of nitrogens with one attached hydrogen (secondary N) is 1. The minimum Gasteiger partial charge on any atom is -0.384 e. The fourth-order valence-electron chi connectivity index (χ4n) is 1.68. The Morgan fingerprint density at radius 1 is 1.42 bits per heavy atom. The number of aromatic nitrogens is 1. The number of pyridine rings is 1. The first-order valence-electron chi connectivity index (χ1n) is 5.71. The number of nitro groups is 1. The van der Waals surface area contributed by atoms with Crippen molar-refractivity contribution < 1.29 is 4.92 Å². The lowest BCUT2D eigenvalue weighted by Crippen LogP contribution is -2.09. The van der Waals surface area contributed by atoms with Crippen molar-refractivity contribution in [2.75, 3.05) is 11.1 Å². The number of rotatable bonds is 4. The van der Waals surface area contributed by atoms with E-state index in [-0.39, 0.29) is 23.4 Å². The molecular formula is C12H14N4O2S. The molecule has 0 saturated heterocycles. The van der Waals surface area contributed by atoms with E-state index in [1.165, 1.54) is 17.0 Å². The van der Waals surface area contributed by atoms with E-state index >= 15 is 0 Å². The molecule has 0 saturated carbocycles. The summed E-state index contributed by atoms with van der Waals surface area (Å²) in [6.07, 6.45) is 0. The number of aryl methyl sites for hydroxylation is 1. The molecule has 0 fully saturated rings. The maximum absolute atomic E-state index is 10.9. The largest absolute Gasteiger partial charge is 0.384 e. The molecule has 0 bridgehead atoms. The van der Waals surface area contributed by atoms with Crippen LogP contribution in [0.3, 0.4) is 0 Å². The highest BCUT2D eigenvalue weighted by molar-refractivity contribution is 7.12. The third-order valence-corrected chi connectivity index (χ3v) is 3.82. The van der Waals surface area contributed by atoms with Gasteiger partial charge in [-0.1, -0.05) is 0 Å². The molecular weight excluding hydrogens is 264 g/mol. The highest BCUT2D eigenvalue weighted by atomic mass is 32.1. The number of thiophene rings is 1. The van der Waals surface area contributed by atoms with Crippen molar-refractivity contribution in [1.29, 1.82) is 0 Å². The summed E-state index contributed by atoms with van der Waals surface area (Å²) in [6.45, 7) is 3.95. The van der Waals surface area contributed by atoms with E-state index in [1.807, 2.05) is 26.0 Å². The number of anilines is 2. The van der Waals surface area contributed by atoms with Gasteiger partial charge >= 0.3 is 5.69 Å². The summed E-state index contributed by atoms with van der Waals surface area (Å²) >= 11 is 1.64. The molecule has 2 heterocycles. The summed E-state index contributed by atoms with van der Waals surface area (Å²) in [5.74, 6) is 0.450. The van der Waals surface area contributed by atoms with Crippen molar-refractivity contribution in [2.45, 2.75) is 19.9 Å². The van der Waals surface area contributed by atoms with E-state index in [9.17, 15) is 10.1 Å². The van der Waals surface area contributed by atoms with Gasteiger partial charge in [0.25, 0.3) is 0 Å². The van der Waals surface area contributed by atoms with Gasteiger partial charge in [0.15, 0.2) is 0 Å². The number of nitrogens with zero attached hydrogens (tertiary/aromatic N) is 2. The van der Waals surface area contributed by atoms with E-state index in [2.05, 4.69) is 10.3 Å². The van der Waals surface area contributed by atoms with Crippen LogP contribution in [0.15, 0.2) is 24.3 Å². The quantitative estimate of drug-likeness (QED) is 0.662. The van der Waals surface area contributed by atoms with Crippen LogP contribution in [0.25, 0.3) is 0 Å². The van der Waals surface area contributed by atoms with Crippen LogP contribution in [-0.2, 0) is 0 Å². The molecule has 0 radical (unpaired) electrons. The second-order valence-electron chi connectivity index (χ2n) is 4.18. The minimum atomic E-state index is -0.471. The van der Waals surface area contributed by atoms with Crippen LogP contribution in [0.1, 0.15) is 22.7 Å². The van der Waals surface area contributed by atoms with Gasteiger partial charge in [0, 0.05) is 15.8 Å². The van der Waals surface area contributed by atoms with Gasteiger partial charge in [-0.15, -0.1) is 11.3 Å². The van der Waals surface area contributed by atoms with Crippen molar-refractivity contribution >= 4 is 28.7 Å². The molecule has 2 aromatic rings. The van der Waals surface area contributed by atoms with Crippen LogP contribution in [0, 0.1) is 17.0 Å². The maximum Gasteiger partial charge on any atom is 0.311 e. The van der Waals surface area contributed by atoms with Gasteiger partial charge in [0.2, 0.25) is 5.82 Å². The normalized spacial score (nSPS) is 12.1. The number of hydrogen-bond acceptors (Lipinski definition) is 6. The van der Waals surface area contributed by atoms with Crippen LogP contribution < -0.4 is 11.1 Å². The standard InChI is InChI=1S/C12H14N4O2S/c1-7-3-5-10(19-7)8(2)14-12-9(16(17)18)4-6-11(13)15-12/h3-6,8H,1-2H3,(H3,13,14,15). The van der Waals surface area contributed by atoms with Gasteiger partial charge in [0.05, 0.1) is 11.0 Å². The van der Waals surface area contributed by atoms with Crippen LogP contribution >= 0.6 is 11.3 Å². The molecule has 6 nitrogen and oxygen atoms in total. The third kappa shape index (κ3) is 3.00. The Balaban J connectivity index is 2.27. The molecule has 3 N–H and O–H groups in total. The molecule has 0 aliphatic heterocycles. The van der Waals surface area contributed by atoms with Gasteiger partial charge in [0.1, 0.15) is 5.82 Å². The Morgan fingerprint density at radius 3 is 2.74 bits per heavy atom. The monoisotopic (exact) mass is 278 g/mol. The molecule has 2 rings (SSSR count).